The predicted molar refractivity (Wildman–Crippen MR) is 112 cm³/mol. The van der Waals surface area contributed by atoms with Gasteiger partial charge in [0, 0.05) is 6.42 Å². The monoisotopic (exact) mass is 368 g/mol. The molecule has 4 aromatic rings. The number of benzene rings is 4. The van der Waals surface area contributed by atoms with E-state index >= 15 is 0 Å². The maximum atomic E-state index is 11.8. The minimum Gasteiger partial charge on any atom is -0.478 e. The molecule has 4 rings (SSSR count). The van der Waals surface area contributed by atoms with E-state index in [0.717, 1.165) is 27.5 Å². The zero-order valence-corrected chi connectivity index (χ0v) is 15.3. The zero-order valence-electron chi connectivity index (χ0n) is 15.3. The van der Waals surface area contributed by atoms with Crippen LogP contribution in [0.25, 0.3) is 21.9 Å². The molecule has 1 unspecified atom stereocenters. The zero-order chi connectivity index (χ0) is 19.3. The molecule has 1 N–H and O–H groups in total. The Bertz CT molecular complexity index is 1080. The van der Waals surface area contributed by atoms with Crippen LogP contribution in [0.4, 0.5) is 0 Å². The predicted octanol–water partition coefficient (Wildman–Crippen LogP) is 5.58. The van der Waals surface area contributed by atoms with Crippen molar-refractivity contribution in [2.24, 2.45) is 0 Å². The summed E-state index contributed by atoms with van der Waals surface area (Å²) in [5, 5.41) is 11.8. The van der Waals surface area contributed by atoms with Gasteiger partial charge in [-0.25, -0.2) is 4.79 Å². The molecule has 1 atom stereocenters. The SMILES string of the molecule is O=C(O)C(Cc1cccc2ccccc12)Oc1ccc(-c2ccccc2)cc1. The normalized spacial score (nSPS) is 11.9. The Morgan fingerprint density at radius 3 is 2.14 bits per heavy atom. The lowest BCUT2D eigenvalue weighted by Crippen LogP contribution is -2.29. The maximum absolute atomic E-state index is 11.8. The first-order valence-corrected chi connectivity index (χ1v) is 9.22. The summed E-state index contributed by atoms with van der Waals surface area (Å²) in [4.78, 5) is 11.8. The van der Waals surface area contributed by atoms with Gasteiger partial charge in [0.15, 0.2) is 6.10 Å². The van der Waals surface area contributed by atoms with Crippen LogP contribution in [0.15, 0.2) is 97.1 Å². The van der Waals surface area contributed by atoms with E-state index in [1.807, 2.05) is 97.1 Å². The second-order valence-electron chi connectivity index (χ2n) is 6.68. The van der Waals surface area contributed by atoms with Crippen LogP contribution in [0.5, 0.6) is 5.75 Å². The van der Waals surface area contributed by atoms with Crippen molar-refractivity contribution in [3.8, 4) is 16.9 Å². The van der Waals surface area contributed by atoms with E-state index in [2.05, 4.69) is 0 Å². The van der Waals surface area contributed by atoms with Gasteiger partial charge in [-0.3, -0.25) is 0 Å². The smallest absolute Gasteiger partial charge is 0.345 e. The molecule has 0 heterocycles. The third-order valence-corrected chi connectivity index (χ3v) is 4.80. The fourth-order valence-electron chi connectivity index (χ4n) is 3.37. The molecule has 0 radical (unpaired) electrons. The van der Waals surface area contributed by atoms with Crippen molar-refractivity contribution in [3.63, 3.8) is 0 Å². The van der Waals surface area contributed by atoms with E-state index in [-0.39, 0.29) is 0 Å². The highest BCUT2D eigenvalue weighted by atomic mass is 16.5. The molecule has 0 saturated heterocycles. The minimum atomic E-state index is -0.972. The van der Waals surface area contributed by atoms with Gasteiger partial charge in [-0.2, -0.15) is 0 Å². The maximum Gasteiger partial charge on any atom is 0.345 e. The molecule has 0 aliphatic heterocycles. The summed E-state index contributed by atoms with van der Waals surface area (Å²) in [5.74, 6) is -0.424. The number of aliphatic carboxylic acids is 1. The number of ether oxygens (including phenoxy) is 1. The molecular weight excluding hydrogens is 348 g/mol. The minimum absolute atomic E-state index is 0.303. The van der Waals surface area contributed by atoms with Crippen molar-refractivity contribution in [2.75, 3.05) is 0 Å². The summed E-state index contributed by atoms with van der Waals surface area (Å²) in [6.45, 7) is 0. The number of carboxylic acid groups (broad SMARTS) is 1. The first kappa shape index (κ1) is 17.8. The van der Waals surface area contributed by atoms with E-state index < -0.39 is 12.1 Å². The second kappa shape index (κ2) is 7.97. The largest absolute Gasteiger partial charge is 0.478 e. The van der Waals surface area contributed by atoms with Gasteiger partial charge < -0.3 is 9.84 Å². The topological polar surface area (TPSA) is 46.5 Å². The number of carbonyl (C=O) groups is 1. The Morgan fingerprint density at radius 1 is 0.750 bits per heavy atom. The van der Waals surface area contributed by atoms with Crippen LogP contribution in [-0.2, 0) is 11.2 Å². The first-order valence-electron chi connectivity index (χ1n) is 9.22. The van der Waals surface area contributed by atoms with Gasteiger partial charge in [-0.15, -0.1) is 0 Å². The quantitative estimate of drug-likeness (QED) is 0.483. The first-order chi connectivity index (χ1) is 13.7. The van der Waals surface area contributed by atoms with Gasteiger partial charge in [0.25, 0.3) is 0 Å². The van der Waals surface area contributed by atoms with E-state index in [9.17, 15) is 9.90 Å². The molecule has 0 aromatic heterocycles. The van der Waals surface area contributed by atoms with Crippen molar-refractivity contribution in [1.29, 1.82) is 0 Å². The molecule has 0 spiro atoms. The van der Waals surface area contributed by atoms with Gasteiger partial charge in [0.05, 0.1) is 0 Å². The number of carboxylic acids is 1. The Labute approximate surface area is 163 Å². The van der Waals surface area contributed by atoms with Crippen molar-refractivity contribution in [3.05, 3.63) is 103 Å². The van der Waals surface area contributed by atoms with Gasteiger partial charge in [-0.1, -0.05) is 84.9 Å². The number of rotatable bonds is 6. The fourth-order valence-corrected chi connectivity index (χ4v) is 3.37. The van der Waals surface area contributed by atoms with Crippen molar-refractivity contribution < 1.29 is 14.6 Å². The van der Waals surface area contributed by atoms with Gasteiger partial charge in [-0.05, 0) is 39.6 Å². The van der Waals surface area contributed by atoms with Crippen molar-refractivity contribution >= 4 is 16.7 Å². The molecule has 0 aliphatic carbocycles. The third-order valence-electron chi connectivity index (χ3n) is 4.80. The van der Waals surface area contributed by atoms with Gasteiger partial charge in [0.2, 0.25) is 0 Å². The molecule has 3 heteroatoms. The van der Waals surface area contributed by atoms with Crippen LogP contribution in [0.2, 0.25) is 0 Å². The molecule has 0 bridgehead atoms. The van der Waals surface area contributed by atoms with Crippen LogP contribution >= 0.6 is 0 Å². The standard InChI is InChI=1S/C25H20O3/c26-25(27)24(17-21-11-6-10-20-9-4-5-12-23(20)21)28-22-15-13-19(14-16-22)18-7-2-1-3-8-18/h1-16,24H,17H2,(H,26,27). The highest BCUT2D eigenvalue weighted by molar-refractivity contribution is 5.86. The molecule has 0 fully saturated rings. The Balaban J connectivity index is 1.55. The molecular formula is C25H20O3. The Kier molecular flexibility index (Phi) is 5.07. The highest BCUT2D eigenvalue weighted by Gasteiger charge is 2.21. The molecule has 0 saturated carbocycles. The van der Waals surface area contributed by atoms with E-state index in [0.29, 0.717) is 12.2 Å². The summed E-state index contributed by atoms with van der Waals surface area (Å²) in [6.07, 6.45) is -0.648. The molecule has 138 valence electrons. The lowest BCUT2D eigenvalue weighted by molar-refractivity contribution is -0.145. The highest BCUT2D eigenvalue weighted by Crippen LogP contribution is 2.25. The van der Waals surface area contributed by atoms with E-state index in [1.165, 1.54) is 0 Å². The number of fused-ring (bicyclic) bond motifs is 1. The molecule has 4 aromatic carbocycles. The van der Waals surface area contributed by atoms with E-state index in [1.54, 1.807) is 0 Å². The van der Waals surface area contributed by atoms with Crippen molar-refractivity contribution in [1.82, 2.24) is 0 Å². The van der Waals surface area contributed by atoms with Crippen LogP contribution in [0.3, 0.4) is 0 Å². The van der Waals surface area contributed by atoms with Crippen LogP contribution in [0.1, 0.15) is 5.56 Å². The summed E-state index contributed by atoms with van der Waals surface area (Å²) in [7, 11) is 0. The number of hydrogen-bond donors (Lipinski definition) is 1. The van der Waals surface area contributed by atoms with E-state index in [4.69, 9.17) is 4.74 Å². The Morgan fingerprint density at radius 2 is 1.39 bits per heavy atom. The lowest BCUT2D eigenvalue weighted by atomic mass is 10.00. The summed E-state index contributed by atoms with van der Waals surface area (Å²) in [5.41, 5.74) is 3.14. The number of hydrogen-bond acceptors (Lipinski definition) is 2. The molecule has 0 amide bonds. The lowest BCUT2D eigenvalue weighted by Gasteiger charge is -2.17. The summed E-state index contributed by atoms with van der Waals surface area (Å²) in [6, 6.07) is 31.5. The fraction of sp³-hybridized carbons (Fsp3) is 0.0800. The third kappa shape index (κ3) is 3.89. The summed E-state index contributed by atoms with van der Waals surface area (Å²) >= 11 is 0. The molecule has 0 aliphatic rings. The molecule has 3 nitrogen and oxygen atoms in total. The van der Waals surface area contributed by atoms with Crippen LogP contribution in [0, 0.1) is 0 Å². The second-order valence-corrected chi connectivity index (χ2v) is 6.68. The average Bonchev–Trinajstić information content (AvgIpc) is 2.74. The van der Waals surface area contributed by atoms with Crippen LogP contribution < -0.4 is 4.74 Å². The van der Waals surface area contributed by atoms with Crippen molar-refractivity contribution in [2.45, 2.75) is 12.5 Å². The Hall–Kier alpha value is -3.59. The molecule has 28 heavy (non-hydrogen) atoms. The average molecular weight is 368 g/mol. The van der Waals surface area contributed by atoms with Gasteiger partial charge in [0.1, 0.15) is 5.75 Å². The summed E-state index contributed by atoms with van der Waals surface area (Å²) < 4.78 is 5.82. The van der Waals surface area contributed by atoms with Crippen LogP contribution in [-0.4, -0.2) is 17.2 Å². The van der Waals surface area contributed by atoms with Gasteiger partial charge >= 0.3 is 5.97 Å².